The Labute approximate surface area is 93.6 Å². The van der Waals surface area contributed by atoms with Crippen molar-refractivity contribution >= 4 is 8.32 Å². The highest BCUT2D eigenvalue weighted by atomic mass is 28.4. The van der Waals surface area contributed by atoms with Crippen LogP contribution in [0.15, 0.2) is 24.3 Å². The Morgan fingerprint density at radius 1 is 1.20 bits per heavy atom. The maximum atomic E-state index is 6.35. The number of hydrogen-bond donors (Lipinski definition) is 0. The van der Waals surface area contributed by atoms with E-state index in [1.54, 1.807) is 0 Å². The summed E-state index contributed by atoms with van der Waals surface area (Å²) in [5.41, 5.74) is 2.85. The molecule has 0 fully saturated rings. The zero-order valence-corrected chi connectivity index (χ0v) is 11.1. The number of hydrogen-bond acceptors (Lipinski definition) is 1. The van der Waals surface area contributed by atoms with Crippen molar-refractivity contribution in [2.75, 3.05) is 0 Å². The van der Waals surface area contributed by atoms with Crippen LogP contribution in [-0.2, 0) is 16.4 Å². The minimum atomic E-state index is -1.46. The summed E-state index contributed by atoms with van der Waals surface area (Å²) in [5.74, 6) is 0. The summed E-state index contributed by atoms with van der Waals surface area (Å²) in [6.07, 6.45) is 2.30. The first-order valence-corrected chi connectivity index (χ1v) is 9.10. The smallest absolute Gasteiger partial charge is 0.184 e. The van der Waals surface area contributed by atoms with Gasteiger partial charge < -0.3 is 4.43 Å². The third-order valence-electron chi connectivity index (χ3n) is 2.99. The molecule has 0 heterocycles. The van der Waals surface area contributed by atoms with E-state index in [0.29, 0.717) is 0 Å². The fraction of sp³-hybridized carbons (Fsp3) is 0.538. The summed E-state index contributed by atoms with van der Waals surface area (Å²) in [6, 6.07) is 8.70. The Hall–Kier alpha value is -0.603. The van der Waals surface area contributed by atoms with Crippen molar-refractivity contribution in [3.63, 3.8) is 0 Å². The first-order valence-electron chi connectivity index (χ1n) is 5.69. The summed E-state index contributed by atoms with van der Waals surface area (Å²) in [6.45, 7) is 9.04. The fourth-order valence-corrected chi connectivity index (χ4v) is 4.11. The second-order valence-corrected chi connectivity index (χ2v) is 10.0. The minimum Gasteiger partial charge on any atom is -0.408 e. The van der Waals surface area contributed by atoms with Gasteiger partial charge in [0, 0.05) is 0 Å². The van der Waals surface area contributed by atoms with Crippen LogP contribution in [0.4, 0.5) is 0 Å². The summed E-state index contributed by atoms with van der Waals surface area (Å²) in [5, 5.41) is 0. The molecular formula is C13H20OSi. The highest BCUT2D eigenvalue weighted by Gasteiger charge is 2.38. The molecule has 0 N–H and O–H groups in total. The van der Waals surface area contributed by atoms with Crippen LogP contribution in [0.5, 0.6) is 0 Å². The molecule has 82 valence electrons. The maximum absolute atomic E-state index is 6.35. The number of fused-ring (bicyclic) bond motifs is 1. The van der Waals surface area contributed by atoms with E-state index < -0.39 is 8.32 Å². The molecule has 0 aromatic heterocycles. The Morgan fingerprint density at radius 3 is 2.53 bits per heavy atom. The van der Waals surface area contributed by atoms with Gasteiger partial charge in [-0.05, 0) is 50.5 Å². The first kappa shape index (κ1) is 10.9. The van der Waals surface area contributed by atoms with Crippen molar-refractivity contribution in [2.24, 2.45) is 0 Å². The lowest BCUT2D eigenvalue weighted by Gasteiger charge is -2.33. The van der Waals surface area contributed by atoms with Crippen LogP contribution in [0, 0.1) is 0 Å². The van der Waals surface area contributed by atoms with E-state index >= 15 is 0 Å². The molecule has 0 amide bonds. The quantitative estimate of drug-likeness (QED) is 0.691. The van der Waals surface area contributed by atoms with Crippen molar-refractivity contribution in [2.45, 2.75) is 45.0 Å². The van der Waals surface area contributed by atoms with Crippen molar-refractivity contribution in [1.29, 1.82) is 0 Å². The Bertz CT molecular complexity index is 367. The van der Waals surface area contributed by atoms with Gasteiger partial charge in [-0.3, -0.25) is 0 Å². The van der Waals surface area contributed by atoms with Gasteiger partial charge in [-0.15, -0.1) is 0 Å². The lowest BCUT2D eigenvalue weighted by Crippen LogP contribution is -2.37. The van der Waals surface area contributed by atoms with Gasteiger partial charge in [0.05, 0.1) is 5.60 Å². The van der Waals surface area contributed by atoms with E-state index in [0.717, 1.165) is 12.8 Å². The van der Waals surface area contributed by atoms with Gasteiger partial charge in [-0.25, -0.2) is 0 Å². The van der Waals surface area contributed by atoms with E-state index in [1.807, 2.05) is 0 Å². The number of aryl methyl sites for hydroxylation is 1. The molecule has 0 saturated carbocycles. The van der Waals surface area contributed by atoms with E-state index in [9.17, 15) is 0 Å². The van der Waals surface area contributed by atoms with Crippen LogP contribution < -0.4 is 0 Å². The molecule has 2 heteroatoms. The average molecular weight is 220 g/mol. The standard InChI is InChI=1S/C13H20OSi/c1-13(14-15(2,3)4)10-9-11-7-5-6-8-12(11)13/h5-8H,9-10H2,1-4H3. The highest BCUT2D eigenvalue weighted by Crippen LogP contribution is 2.41. The molecule has 1 aromatic rings. The molecule has 0 spiro atoms. The molecule has 0 radical (unpaired) electrons. The summed E-state index contributed by atoms with van der Waals surface area (Å²) in [4.78, 5) is 0. The van der Waals surface area contributed by atoms with Gasteiger partial charge in [0.25, 0.3) is 0 Å². The minimum absolute atomic E-state index is 0.0267. The van der Waals surface area contributed by atoms with Gasteiger partial charge in [0.2, 0.25) is 0 Å². The van der Waals surface area contributed by atoms with Gasteiger partial charge in [-0.2, -0.15) is 0 Å². The van der Waals surface area contributed by atoms with Gasteiger partial charge in [0.15, 0.2) is 8.32 Å². The second kappa shape index (κ2) is 3.46. The molecule has 15 heavy (non-hydrogen) atoms. The van der Waals surface area contributed by atoms with Crippen molar-refractivity contribution in [3.05, 3.63) is 35.4 Å². The number of rotatable bonds is 2. The molecule has 0 bridgehead atoms. The van der Waals surface area contributed by atoms with E-state index in [-0.39, 0.29) is 5.60 Å². The van der Waals surface area contributed by atoms with Crippen molar-refractivity contribution in [1.82, 2.24) is 0 Å². The largest absolute Gasteiger partial charge is 0.408 e. The SMILES string of the molecule is CC1(O[Si](C)(C)C)CCc2ccccc21. The molecule has 1 nitrogen and oxygen atoms in total. The van der Waals surface area contributed by atoms with Crippen LogP contribution in [0.25, 0.3) is 0 Å². The zero-order chi connectivity index (χ0) is 11.1. The van der Waals surface area contributed by atoms with Crippen LogP contribution in [0.2, 0.25) is 19.6 Å². The molecular weight excluding hydrogens is 200 g/mol. The van der Waals surface area contributed by atoms with E-state index in [4.69, 9.17) is 4.43 Å². The van der Waals surface area contributed by atoms with Crippen LogP contribution in [0.1, 0.15) is 24.5 Å². The van der Waals surface area contributed by atoms with Gasteiger partial charge in [-0.1, -0.05) is 24.3 Å². The molecule has 2 rings (SSSR count). The topological polar surface area (TPSA) is 9.23 Å². The number of benzene rings is 1. The lowest BCUT2D eigenvalue weighted by atomic mass is 9.99. The monoisotopic (exact) mass is 220 g/mol. The predicted octanol–water partition coefficient (Wildman–Crippen LogP) is 3.70. The Balaban J connectivity index is 2.33. The normalized spacial score (nSPS) is 25.3. The Kier molecular flexibility index (Phi) is 2.51. The molecule has 0 saturated heterocycles. The molecule has 1 aromatic carbocycles. The van der Waals surface area contributed by atoms with Gasteiger partial charge in [0.1, 0.15) is 0 Å². The van der Waals surface area contributed by atoms with E-state index in [2.05, 4.69) is 50.8 Å². The lowest BCUT2D eigenvalue weighted by molar-refractivity contribution is 0.0805. The van der Waals surface area contributed by atoms with Crippen LogP contribution in [0.3, 0.4) is 0 Å². The molecule has 1 unspecified atom stereocenters. The van der Waals surface area contributed by atoms with E-state index in [1.165, 1.54) is 11.1 Å². The zero-order valence-electron chi connectivity index (χ0n) is 10.1. The summed E-state index contributed by atoms with van der Waals surface area (Å²) in [7, 11) is -1.46. The first-order chi connectivity index (χ1) is 6.91. The van der Waals surface area contributed by atoms with Gasteiger partial charge >= 0.3 is 0 Å². The summed E-state index contributed by atoms with van der Waals surface area (Å²) >= 11 is 0. The van der Waals surface area contributed by atoms with Crippen molar-refractivity contribution in [3.8, 4) is 0 Å². The highest BCUT2D eigenvalue weighted by molar-refractivity contribution is 6.69. The van der Waals surface area contributed by atoms with Crippen LogP contribution in [-0.4, -0.2) is 8.32 Å². The Morgan fingerprint density at radius 2 is 1.87 bits per heavy atom. The molecule has 1 atom stereocenters. The van der Waals surface area contributed by atoms with Crippen molar-refractivity contribution < 1.29 is 4.43 Å². The predicted molar refractivity (Wildman–Crippen MR) is 66.5 cm³/mol. The fourth-order valence-electron chi connectivity index (χ4n) is 2.54. The summed E-state index contributed by atoms with van der Waals surface area (Å²) < 4.78 is 6.35. The maximum Gasteiger partial charge on any atom is 0.184 e. The molecule has 1 aliphatic rings. The second-order valence-electron chi connectivity index (χ2n) is 5.60. The third kappa shape index (κ3) is 2.16. The van der Waals surface area contributed by atoms with Crippen LogP contribution >= 0.6 is 0 Å². The third-order valence-corrected chi connectivity index (χ3v) is 4.05. The average Bonchev–Trinajstić information content (AvgIpc) is 2.42. The molecule has 1 aliphatic carbocycles. The molecule has 0 aliphatic heterocycles.